The first-order valence-corrected chi connectivity index (χ1v) is 12.6. The van der Waals surface area contributed by atoms with Gasteiger partial charge in [-0.2, -0.15) is 0 Å². The fraction of sp³-hybridized carbons (Fsp3) is 0.194. The van der Waals surface area contributed by atoms with Crippen LogP contribution < -0.4 is 16.4 Å². The van der Waals surface area contributed by atoms with Crippen molar-refractivity contribution in [3.8, 4) is 22.5 Å². The van der Waals surface area contributed by atoms with E-state index in [0.29, 0.717) is 39.1 Å². The van der Waals surface area contributed by atoms with E-state index in [-0.39, 0.29) is 17.6 Å². The first-order chi connectivity index (χ1) is 18.8. The fourth-order valence-corrected chi connectivity index (χ4v) is 4.71. The largest absolute Gasteiger partial charge is 0.455 e. The van der Waals surface area contributed by atoms with Gasteiger partial charge >= 0.3 is 0 Å². The lowest BCUT2D eigenvalue weighted by Gasteiger charge is -2.18. The van der Waals surface area contributed by atoms with Gasteiger partial charge < -0.3 is 20.8 Å². The van der Waals surface area contributed by atoms with Gasteiger partial charge in [-0.05, 0) is 91.1 Å². The average molecular weight is 525 g/mol. The summed E-state index contributed by atoms with van der Waals surface area (Å²) in [6, 6.07) is 16.9. The zero-order chi connectivity index (χ0) is 27.7. The van der Waals surface area contributed by atoms with Gasteiger partial charge in [-0.15, -0.1) is 0 Å². The van der Waals surface area contributed by atoms with Crippen molar-refractivity contribution in [1.82, 2.24) is 10.6 Å². The zero-order valence-corrected chi connectivity index (χ0v) is 22.0. The number of nitrogens with two attached hydrogens (primary N) is 1. The van der Waals surface area contributed by atoms with Crippen molar-refractivity contribution < 1.29 is 18.4 Å². The van der Waals surface area contributed by atoms with E-state index in [1.807, 2.05) is 31.2 Å². The lowest BCUT2D eigenvalue weighted by Crippen LogP contribution is -2.41. The smallest absolute Gasteiger partial charge is 0.255 e. The van der Waals surface area contributed by atoms with Crippen molar-refractivity contribution in [3.63, 3.8) is 0 Å². The van der Waals surface area contributed by atoms with Gasteiger partial charge in [0.05, 0.1) is 11.1 Å². The first kappa shape index (κ1) is 25.9. The minimum atomic E-state index is -0.543. The van der Waals surface area contributed by atoms with E-state index >= 15 is 0 Å². The number of aliphatic imine (C=N–C) groups is 1. The molecule has 0 saturated heterocycles. The van der Waals surface area contributed by atoms with E-state index in [0.717, 1.165) is 29.5 Å². The fourth-order valence-electron chi connectivity index (χ4n) is 4.71. The number of carbonyl (C=O) groups is 2. The van der Waals surface area contributed by atoms with E-state index in [4.69, 9.17) is 10.2 Å². The highest BCUT2D eigenvalue weighted by molar-refractivity contribution is 6.12. The molecular formula is C31H29FN4O3. The number of hydrogen-bond donors (Lipinski definition) is 3. The Morgan fingerprint density at radius 1 is 1.03 bits per heavy atom. The number of carbonyl (C=O) groups excluding carboxylic acids is 2. The van der Waals surface area contributed by atoms with Crippen LogP contribution >= 0.6 is 0 Å². The van der Waals surface area contributed by atoms with E-state index in [9.17, 15) is 14.0 Å². The van der Waals surface area contributed by atoms with E-state index in [1.165, 1.54) is 12.1 Å². The van der Waals surface area contributed by atoms with Crippen LogP contribution in [0.5, 0.6) is 0 Å². The lowest BCUT2D eigenvalue weighted by atomic mass is 9.95. The van der Waals surface area contributed by atoms with Gasteiger partial charge in [-0.25, -0.2) is 4.39 Å². The van der Waals surface area contributed by atoms with Gasteiger partial charge in [-0.3, -0.25) is 14.6 Å². The summed E-state index contributed by atoms with van der Waals surface area (Å²) in [6.45, 7) is 1.97. The van der Waals surface area contributed by atoms with E-state index in [1.54, 1.807) is 50.7 Å². The third-order valence-corrected chi connectivity index (χ3v) is 7.12. The molecule has 1 fully saturated rings. The number of allylic oxidation sites excluding steroid dienone is 1. The number of furan rings is 1. The molecule has 1 aliphatic carbocycles. The van der Waals surface area contributed by atoms with E-state index < -0.39 is 5.54 Å². The number of hydrogen-bond acceptors (Lipinski definition) is 5. The highest BCUT2D eigenvalue weighted by atomic mass is 19.1. The third-order valence-electron chi connectivity index (χ3n) is 7.12. The summed E-state index contributed by atoms with van der Waals surface area (Å²) in [5.41, 5.74) is 10.9. The highest BCUT2D eigenvalue weighted by Crippen LogP contribution is 2.40. The Kier molecular flexibility index (Phi) is 6.78. The quantitative estimate of drug-likeness (QED) is 0.282. The Morgan fingerprint density at radius 3 is 2.41 bits per heavy atom. The standard InChI is InChI=1S/C31H29FN4O3/c1-18-4-5-21(29(37)36-31(13-14-31)26(33)12-15-34-2)17-23(18)20-8-11-25-24(16-20)27(30(38)35-3)28(39-25)19-6-9-22(32)10-7-19/h4-12,15-17H,13-14,33H2,1-3H3,(H,35,38)(H,36,37). The van der Waals surface area contributed by atoms with Crippen LogP contribution in [0.2, 0.25) is 0 Å². The first-order valence-electron chi connectivity index (χ1n) is 12.6. The van der Waals surface area contributed by atoms with Crippen LogP contribution in [0, 0.1) is 12.7 Å². The molecule has 1 aromatic heterocycles. The molecule has 4 aromatic rings. The van der Waals surface area contributed by atoms with Crippen LogP contribution in [0.1, 0.15) is 39.1 Å². The van der Waals surface area contributed by atoms with Gasteiger partial charge in [-0.1, -0.05) is 12.1 Å². The second-order valence-corrected chi connectivity index (χ2v) is 9.70. The Bertz CT molecular complexity index is 1650. The summed E-state index contributed by atoms with van der Waals surface area (Å²) < 4.78 is 19.6. The predicted octanol–water partition coefficient (Wildman–Crippen LogP) is 5.38. The minimum Gasteiger partial charge on any atom is -0.455 e. The van der Waals surface area contributed by atoms with Gasteiger partial charge in [0, 0.05) is 42.5 Å². The number of aryl methyl sites for hydroxylation is 1. The Hall–Kier alpha value is -4.72. The molecule has 5 rings (SSSR count). The number of amides is 2. The summed E-state index contributed by atoms with van der Waals surface area (Å²) in [6.07, 6.45) is 4.88. The lowest BCUT2D eigenvalue weighted by molar-refractivity contribution is 0.0935. The molecule has 8 heteroatoms. The molecule has 0 unspecified atom stereocenters. The molecule has 3 aromatic carbocycles. The molecule has 0 atom stereocenters. The molecule has 39 heavy (non-hydrogen) atoms. The number of benzene rings is 3. The number of nitrogens with one attached hydrogen (secondary N) is 2. The maximum absolute atomic E-state index is 13.5. The summed E-state index contributed by atoms with van der Waals surface area (Å²) in [5.74, 6) is -0.546. The summed E-state index contributed by atoms with van der Waals surface area (Å²) in [4.78, 5) is 30.1. The van der Waals surface area contributed by atoms with Crippen molar-refractivity contribution in [3.05, 3.63) is 94.9 Å². The van der Waals surface area contributed by atoms with E-state index in [2.05, 4.69) is 15.6 Å². The Balaban J connectivity index is 1.54. The van der Waals surface area contributed by atoms with Crippen LogP contribution in [0.4, 0.5) is 4.39 Å². The van der Waals surface area contributed by atoms with Crippen LogP contribution in [0.15, 0.2) is 81.8 Å². The molecule has 0 spiro atoms. The minimum absolute atomic E-state index is 0.215. The maximum atomic E-state index is 13.5. The van der Waals surface area contributed by atoms with Crippen molar-refractivity contribution in [1.29, 1.82) is 0 Å². The summed E-state index contributed by atoms with van der Waals surface area (Å²) in [5, 5.41) is 6.38. The Morgan fingerprint density at radius 2 is 1.74 bits per heavy atom. The number of rotatable bonds is 7. The monoisotopic (exact) mass is 524 g/mol. The molecule has 7 nitrogen and oxygen atoms in total. The molecule has 2 amide bonds. The van der Waals surface area contributed by atoms with Gasteiger partial charge in [0.1, 0.15) is 17.2 Å². The summed E-state index contributed by atoms with van der Waals surface area (Å²) >= 11 is 0. The summed E-state index contributed by atoms with van der Waals surface area (Å²) in [7, 11) is 3.22. The van der Waals surface area contributed by atoms with Gasteiger partial charge in [0.15, 0.2) is 0 Å². The Labute approximate surface area is 225 Å². The number of halogens is 1. The van der Waals surface area contributed by atoms with Crippen molar-refractivity contribution in [2.45, 2.75) is 25.3 Å². The predicted molar refractivity (Wildman–Crippen MR) is 151 cm³/mol. The van der Waals surface area contributed by atoms with Crippen LogP contribution in [-0.4, -0.2) is 37.7 Å². The second kappa shape index (κ2) is 10.2. The van der Waals surface area contributed by atoms with Crippen LogP contribution in [0.3, 0.4) is 0 Å². The van der Waals surface area contributed by atoms with Crippen LogP contribution in [-0.2, 0) is 0 Å². The highest BCUT2D eigenvalue weighted by Gasteiger charge is 2.46. The average Bonchev–Trinajstić information content (AvgIpc) is 3.63. The normalized spacial score (nSPS) is 14.5. The molecule has 1 aliphatic rings. The van der Waals surface area contributed by atoms with Crippen molar-refractivity contribution in [2.75, 3.05) is 14.1 Å². The van der Waals surface area contributed by atoms with Crippen LogP contribution in [0.25, 0.3) is 33.4 Å². The molecule has 1 saturated carbocycles. The topological polar surface area (TPSA) is 110 Å². The van der Waals surface area contributed by atoms with Crippen molar-refractivity contribution >= 4 is 29.0 Å². The molecule has 0 aliphatic heterocycles. The molecular weight excluding hydrogens is 495 g/mol. The maximum Gasteiger partial charge on any atom is 0.255 e. The molecule has 0 radical (unpaired) electrons. The van der Waals surface area contributed by atoms with Gasteiger partial charge in [0.2, 0.25) is 0 Å². The van der Waals surface area contributed by atoms with Crippen molar-refractivity contribution in [2.24, 2.45) is 10.7 Å². The third kappa shape index (κ3) is 4.93. The molecule has 1 heterocycles. The SMILES string of the molecule is CN=CC=C(N)C1(NC(=O)c2ccc(C)c(-c3ccc4oc(-c5ccc(F)cc5)c(C(=O)NC)c4c3)c2)CC1. The number of fused-ring (bicyclic) bond motifs is 1. The molecule has 4 N–H and O–H groups in total. The molecule has 0 bridgehead atoms. The zero-order valence-electron chi connectivity index (χ0n) is 22.0. The second-order valence-electron chi connectivity index (χ2n) is 9.70. The molecule has 198 valence electrons. The van der Waals surface area contributed by atoms with Gasteiger partial charge in [0.25, 0.3) is 11.8 Å². The number of nitrogens with zero attached hydrogens (tertiary/aromatic N) is 1.